The van der Waals surface area contributed by atoms with E-state index in [1.807, 2.05) is 0 Å². The summed E-state index contributed by atoms with van der Waals surface area (Å²) in [6, 6.07) is 22.1. The van der Waals surface area contributed by atoms with Gasteiger partial charge in [0.25, 0.3) is 0 Å². The Balaban J connectivity index is 2.07. The van der Waals surface area contributed by atoms with Gasteiger partial charge in [-0.1, -0.05) is 73.7 Å². The summed E-state index contributed by atoms with van der Waals surface area (Å²) in [6.45, 7) is 2.40. The molecule has 0 radical (unpaired) electrons. The molecule has 0 saturated carbocycles. The summed E-state index contributed by atoms with van der Waals surface area (Å²) in [5.74, 6) is 0.718. The summed E-state index contributed by atoms with van der Waals surface area (Å²) in [5, 5.41) is 4.63. The zero-order chi connectivity index (χ0) is 13.8. The van der Waals surface area contributed by atoms with E-state index < -0.39 is 0 Å². The summed E-state index contributed by atoms with van der Waals surface area (Å²) in [6.07, 6.45) is 6.44. The molecule has 1 atom stereocenters. The second-order valence-electron chi connectivity index (χ2n) is 5.47. The van der Waals surface area contributed by atoms with E-state index in [2.05, 4.69) is 73.7 Å². The van der Waals surface area contributed by atoms with Gasteiger partial charge in [0.1, 0.15) is 0 Å². The zero-order valence-electron chi connectivity index (χ0n) is 12.0. The van der Waals surface area contributed by atoms with Gasteiger partial charge in [-0.25, -0.2) is 0 Å². The maximum absolute atomic E-state index is 2.51. The fraction of sp³-hybridized carbons (Fsp3) is 0.263. The van der Waals surface area contributed by atoms with E-state index in [4.69, 9.17) is 0 Å². The van der Waals surface area contributed by atoms with Gasteiger partial charge in [0, 0.05) is 0 Å². The van der Waals surface area contributed by atoms with Crippen molar-refractivity contribution in [2.45, 2.75) is 26.2 Å². The maximum atomic E-state index is 2.51. The van der Waals surface area contributed by atoms with Crippen molar-refractivity contribution in [2.75, 3.05) is 0 Å². The fourth-order valence-corrected chi connectivity index (χ4v) is 5.65. The van der Waals surface area contributed by atoms with Crippen molar-refractivity contribution in [2.24, 2.45) is 5.92 Å². The van der Waals surface area contributed by atoms with Gasteiger partial charge < -0.3 is 0 Å². The molecule has 2 aromatic carbocycles. The van der Waals surface area contributed by atoms with E-state index >= 15 is 0 Å². The van der Waals surface area contributed by atoms with Crippen molar-refractivity contribution >= 4 is 18.5 Å². The van der Waals surface area contributed by atoms with E-state index in [1.54, 1.807) is 5.31 Å². The van der Waals surface area contributed by atoms with Crippen molar-refractivity contribution in [3.05, 3.63) is 72.1 Å². The molecule has 0 nitrogen and oxygen atoms in total. The van der Waals surface area contributed by atoms with Gasteiger partial charge in [0.15, 0.2) is 0 Å². The fourth-order valence-electron chi connectivity index (χ4n) is 2.94. The molecule has 3 rings (SSSR count). The zero-order valence-corrected chi connectivity index (χ0v) is 12.9. The second-order valence-corrected chi connectivity index (χ2v) is 7.69. The first-order valence-corrected chi connectivity index (χ1v) is 8.81. The Hall–Kier alpha value is -1.39. The average Bonchev–Trinajstić information content (AvgIpc) is 2.52. The van der Waals surface area contributed by atoms with Crippen LogP contribution < -0.4 is 10.6 Å². The standard InChI is InChI=1S/C19H21P/c1-16-10-8-9-15-19(16)20(17-11-4-2-5-12-17)18-13-6-3-7-14-18/h2-7,11-16H,8-10H2,1H3. The highest BCUT2D eigenvalue weighted by molar-refractivity contribution is 7.76. The van der Waals surface area contributed by atoms with Crippen LogP contribution in [0.15, 0.2) is 72.1 Å². The molecule has 0 saturated heterocycles. The number of hydrogen-bond donors (Lipinski definition) is 0. The number of rotatable bonds is 3. The van der Waals surface area contributed by atoms with Gasteiger partial charge >= 0.3 is 0 Å². The highest BCUT2D eigenvalue weighted by atomic mass is 31.1. The minimum Gasteiger partial charge on any atom is -0.0799 e. The first kappa shape index (κ1) is 13.6. The molecule has 0 heterocycles. The Morgan fingerprint density at radius 1 is 0.850 bits per heavy atom. The molecule has 0 N–H and O–H groups in total. The highest BCUT2D eigenvalue weighted by Gasteiger charge is 2.24. The quantitative estimate of drug-likeness (QED) is 0.707. The number of hydrogen-bond acceptors (Lipinski definition) is 0. The summed E-state index contributed by atoms with van der Waals surface area (Å²) in [4.78, 5) is 0. The summed E-state index contributed by atoms with van der Waals surface area (Å²) >= 11 is 0. The van der Waals surface area contributed by atoms with Crippen LogP contribution in [0.4, 0.5) is 0 Å². The van der Waals surface area contributed by atoms with E-state index in [0.717, 1.165) is 5.92 Å². The number of benzene rings is 2. The minimum atomic E-state index is -0.347. The third-order valence-corrected chi connectivity index (χ3v) is 6.76. The molecular weight excluding hydrogens is 259 g/mol. The molecule has 1 unspecified atom stereocenters. The second kappa shape index (κ2) is 6.37. The molecule has 0 aliphatic heterocycles. The van der Waals surface area contributed by atoms with Crippen molar-refractivity contribution in [3.63, 3.8) is 0 Å². The van der Waals surface area contributed by atoms with Crippen LogP contribution in [0, 0.1) is 5.92 Å². The van der Waals surface area contributed by atoms with Crippen LogP contribution >= 0.6 is 7.92 Å². The average molecular weight is 280 g/mol. The first-order valence-electron chi connectivity index (χ1n) is 7.46. The largest absolute Gasteiger partial charge is 0.0799 e. The van der Waals surface area contributed by atoms with E-state index in [-0.39, 0.29) is 7.92 Å². The Bertz CT molecular complexity index is 532. The molecule has 0 amide bonds. The third-order valence-electron chi connectivity index (χ3n) is 3.99. The minimum absolute atomic E-state index is 0.347. The van der Waals surface area contributed by atoms with Crippen molar-refractivity contribution < 1.29 is 0 Å². The Labute approximate surface area is 123 Å². The Morgan fingerprint density at radius 3 is 1.90 bits per heavy atom. The molecule has 102 valence electrons. The lowest BCUT2D eigenvalue weighted by Crippen LogP contribution is -2.17. The van der Waals surface area contributed by atoms with E-state index in [1.165, 1.54) is 29.9 Å². The predicted molar refractivity (Wildman–Crippen MR) is 90.2 cm³/mol. The lowest BCUT2D eigenvalue weighted by molar-refractivity contribution is 0.575. The van der Waals surface area contributed by atoms with Gasteiger partial charge in [-0.2, -0.15) is 0 Å². The predicted octanol–water partition coefficient (Wildman–Crippen LogP) is 4.82. The smallest absolute Gasteiger partial charge is 0.0154 e. The Kier molecular flexibility index (Phi) is 4.33. The molecule has 0 bridgehead atoms. The van der Waals surface area contributed by atoms with E-state index in [9.17, 15) is 0 Å². The number of allylic oxidation sites excluding steroid dienone is 2. The molecule has 1 aliphatic rings. The van der Waals surface area contributed by atoms with Gasteiger partial charge in [-0.3, -0.25) is 0 Å². The van der Waals surface area contributed by atoms with Crippen LogP contribution in [-0.2, 0) is 0 Å². The Morgan fingerprint density at radius 2 is 1.40 bits per heavy atom. The summed E-state index contributed by atoms with van der Waals surface area (Å²) < 4.78 is 0. The molecule has 1 heteroatoms. The lowest BCUT2D eigenvalue weighted by Gasteiger charge is -2.29. The molecule has 2 aromatic rings. The summed E-state index contributed by atoms with van der Waals surface area (Å²) in [7, 11) is -0.347. The van der Waals surface area contributed by atoms with Gasteiger partial charge in [-0.05, 0) is 49.0 Å². The topological polar surface area (TPSA) is 0 Å². The molecular formula is C19H21P. The van der Waals surface area contributed by atoms with Gasteiger partial charge in [0.2, 0.25) is 0 Å². The monoisotopic (exact) mass is 280 g/mol. The molecule has 1 aliphatic carbocycles. The molecule has 20 heavy (non-hydrogen) atoms. The molecule has 0 aromatic heterocycles. The van der Waals surface area contributed by atoms with Crippen LogP contribution in [0.5, 0.6) is 0 Å². The van der Waals surface area contributed by atoms with Gasteiger partial charge in [0.05, 0.1) is 0 Å². The van der Waals surface area contributed by atoms with Gasteiger partial charge in [-0.15, -0.1) is 0 Å². The van der Waals surface area contributed by atoms with E-state index in [0.29, 0.717) is 0 Å². The summed E-state index contributed by atoms with van der Waals surface area (Å²) in [5.41, 5.74) is 0. The maximum Gasteiger partial charge on any atom is -0.0154 e. The first-order chi connectivity index (χ1) is 9.86. The SMILES string of the molecule is CC1CCCC=C1P(c1ccccc1)c1ccccc1. The highest BCUT2D eigenvalue weighted by Crippen LogP contribution is 2.49. The van der Waals surface area contributed by atoms with Crippen molar-refractivity contribution in [1.82, 2.24) is 0 Å². The molecule has 0 fully saturated rings. The van der Waals surface area contributed by atoms with Crippen LogP contribution in [0.25, 0.3) is 0 Å². The lowest BCUT2D eigenvalue weighted by atomic mass is 9.98. The van der Waals surface area contributed by atoms with Crippen LogP contribution in [0.3, 0.4) is 0 Å². The van der Waals surface area contributed by atoms with Crippen molar-refractivity contribution in [1.29, 1.82) is 0 Å². The van der Waals surface area contributed by atoms with Crippen LogP contribution in [0.1, 0.15) is 26.2 Å². The van der Waals surface area contributed by atoms with Crippen molar-refractivity contribution in [3.8, 4) is 0 Å². The normalized spacial score (nSPS) is 18.9. The van der Waals surface area contributed by atoms with Crippen LogP contribution in [-0.4, -0.2) is 0 Å². The van der Waals surface area contributed by atoms with Crippen LogP contribution in [0.2, 0.25) is 0 Å². The molecule has 0 spiro atoms. The third kappa shape index (κ3) is 2.86.